The number of esters is 1. The Balaban J connectivity index is 0.00000136. The van der Waals surface area contributed by atoms with Crippen LogP contribution in [0.5, 0.6) is 23.0 Å². The van der Waals surface area contributed by atoms with E-state index in [1.54, 1.807) is 24.3 Å². The summed E-state index contributed by atoms with van der Waals surface area (Å²) in [5.41, 5.74) is 1.34. The molecule has 0 unspecified atom stereocenters. The predicted octanol–water partition coefficient (Wildman–Crippen LogP) is 0.317. The first-order chi connectivity index (χ1) is 13.8. The summed E-state index contributed by atoms with van der Waals surface area (Å²) < 4.78 is 16.0. The maximum atomic E-state index is 13.2. The van der Waals surface area contributed by atoms with Gasteiger partial charge in [0, 0.05) is 43.1 Å². The van der Waals surface area contributed by atoms with E-state index in [1.807, 2.05) is 0 Å². The van der Waals surface area contributed by atoms with Crippen LogP contribution in [0.15, 0.2) is 36.4 Å². The monoisotopic (exact) mass is 884 g/mol. The van der Waals surface area contributed by atoms with Gasteiger partial charge in [0.2, 0.25) is 0 Å². The van der Waals surface area contributed by atoms with Gasteiger partial charge in [-0.25, -0.2) is 4.79 Å². The molecule has 31 heavy (non-hydrogen) atoms. The molecule has 2 aliphatic rings. The molecule has 0 fully saturated rings. The van der Waals surface area contributed by atoms with Crippen molar-refractivity contribution in [3.05, 3.63) is 72.9 Å². The Bertz CT molecular complexity index is 1220. The Hall–Kier alpha value is 1.45. The zero-order valence-corrected chi connectivity index (χ0v) is 28.7. The smallest absolute Gasteiger partial charge is 1.00 e. The maximum Gasteiger partial charge on any atom is 1.00 e. The molecule has 3 aromatic carbocycles. The number of phenolic OH excluding ortho intramolecular Hbond substituents is 2. The molecule has 5 nitrogen and oxygen atoms in total. The fourth-order valence-corrected chi connectivity index (χ4v) is 7.60. The van der Waals surface area contributed by atoms with Gasteiger partial charge >= 0.3 is 65.1 Å². The van der Waals surface area contributed by atoms with Crippen LogP contribution in [0.4, 0.5) is 0 Å². The molecule has 2 aliphatic heterocycles. The summed E-state index contributed by atoms with van der Waals surface area (Å²) in [7, 11) is 0. The normalized spacial score (nSPS) is 14.4. The van der Waals surface area contributed by atoms with Crippen molar-refractivity contribution >= 4 is 96.3 Å². The first-order valence-electron chi connectivity index (χ1n) is 8.20. The van der Waals surface area contributed by atoms with E-state index in [2.05, 4.69) is 90.4 Å². The summed E-state index contributed by atoms with van der Waals surface area (Å²) in [6, 6.07) is 9.53. The Labute approximate surface area is 279 Å². The summed E-state index contributed by atoms with van der Waals surface area (Å²) in [4.78, 5) is 13.2. The van der Waals surface area contributed by atoms with Crippen molar-refractivity contribution < 1.29 is 86.4 Å². The third-order valence-corrected chi connectivity index (χ3v) is 12.4. The minimum absolute atomic E-state index is 0. The Morgan fingerprint density at radius 3 is 1.77 bits per heavy atom. The van der Waals surface area contributed by atoms with E-state index in [0.29, 0.717) is 28.2 Å². The van der Waals surface area contributed by atoms with Crippen molar-refractivity contribution in [2.45, 2.75) is 5.60 Å². The van der Waals surface area contributed by atoms with E-state index in [4.69, 9.17) is 9.47 Å². The summed E-state index contributed by atoms with van der Waals surface area (Å²) in [6.07, 6.45) is 0. The summed E-state index contributed by atoms with van der Waals surface area (Å²) in [6.45, 7) is 0. The minimum atomic E-state index is -1.22. The van der Waals surface area contributed by atoms with Crippen molar-refractivity contribution in [3.8, 4) is 23.0 Å². The second kappa shape index (κ2) is 9.84. The SMILES string of the molecule is O=C1OC2(c3ccc(O)cc3Oc3cc(O)ccc32)c2c(I)c(I)c(I)c(I)c21.[H-].[H-].[Na+].[Na+]. The van der Waals surface area contributed by atoms with Gasteiger partial charge in [0.15, 0.2) is 5.60 Å². The number of aromatic hydroxyl groups is 2. The molecule has 0 aromatic heterocycles. The second-order valence-electron chi connectivity index (χ2n) is 6.54. The molecule has 0 amide bonds. The van der Waals surface area contributed by atoms with Gasteiger partial charge in [0.1, 0.15) is 23.0 Å². The molecule has 1 spiro atoms. The van der Waals surface area contributed by atoms with Crippen LogP contribution < -0.4 is 63.9 Å². The van der Waals surface area contributed by atoms with Crippen LogP contribution in [0.2, 0.25) is 0 Å². The van der Waals surface area contributed by atoms with Gasteiger partial charge in [0.25, 0.3) is 0 Å². The first kappa shape index (κ1) is 27.0. The minimum Gasteiger partial charge on any atom is -1.00 e. The fraction of sp³-hybridized carbons (Fsp3) is 0.0500. The van der Waals surface area contributed by atoms with E-state index >= 15 is 0 Å². The molecule has 11 heteroatoms. The van der Waals surface area contributed by atoms with Crippen LogP contribution in [0.1, 0.15) is 29.9 Å². The average molecular weight is 884 g/mol. The molecule has 0 aliphatic carbocycles. The molecule has 0 radical (unpaired) electrons. The fourth-order valence-electron chi connectivity index (χ4n) is 3.81. The zero-order valence-electron chi connectivity index (χ0n) is 18.1. The molecule has 5 rings (SSSR count). The summed E-state index contributed by atoms with van der Waals surface area (Å²) in [5, 5.41) is 20.0. The van der Waals surface area contributed by atoms with Gasteiger partial charge in [-0.2, -0.15) is 0 Å². The Morgan fingerprint density at radius 1 is 0.774 bits per heavy atom. The molecule has 0 bridgehead atoms. The molecular weight excluding hydrogens is 874 g/mol. The molecule has 2 N–H and O–H groups in total. The molecular formula is C20H10I4Na2O5. The van der Waals surface area contributed by atoms with E-state index in [-0.39, 0.29) is 73.5 Å². The van der Waals surface area contributed by atoms with E-state index < -0.39 is 11.6 Å². The number of hydrogen-bond donors (Lipinski definition) is 2. The second-order valence-corrected chi connectivity index (χ2v) is 10.9. The third kappa shape index (κ3) is 4.01. The number of rotatable bonds is 0. The number of fused-ring (bicyclic) bond motifs is 6. The van der Waals surface area contributed by atoms with Crippen LogP contribution >= 0.6 is 90.4 Å². The first-order valence-corrected chi connectivity index (χ1v) is 12.5. The predicted molar refractivity (Wildman–Crippen MR) is 141 cm³/mol. The van der Waals surface area contributed by atoms with Crippen molar-refractivity contribution in [1.29, 1.82) is 0 Å². The third-order valence-electron chi connectivity index (χ3n) is 4.98. The van der Waals surface area contributed by atoms with Crippen molar-refractivity contribution in [3.63, 3.8) is 0 Å². The molecule has 0 saturated carbocycles. The molecule has 0 atom stereocenters. The molecule has 150 valence electrons. The van der Waals surface area contributed by atoms with E-state index in [0.717, 1.165) is 19.8 Å². The van der Waals surface area contributed by atoms with Gasteiger partial charge in [-0.1, -0.05) is 0 Å². The zero-order chi connectivity index (χ0) is 20.7. The quantitative estimate of drug-likeness (QED) is 0.112. The number of carbonyl (C=O) groups excluding carboxylic acids is 1. The molecule has 2 heterocycles. The standard InChI is InChI=1S/C20H8I4O5.2Na.2H/c21-15-13-14(16(22)18(24)17(15)23)20(29-19(13)27)9-3-1-7(25)5-11(9)28-12-6-8(26)2-4-10(12)20;;;;/h1-6,25-26H;;;;/q;2*+1;2*-1. The van der Waals surface area contributed by atoms with Crippen LogP contribution in [-0.2, 0) is 10.3 Å². The molecule has 3 aromatic rings. The Morgan fingerprint density at radius 2 is 1.26 bits per heavy atom. The van der Waals surface area contributed by atoms with Crippen LogP contribution in [-0.4, -0.2) is 16.2 Å². The average Bonchev–Trinajstić information content (AvgIpc) is 2.97. The van der Waals surface area contributed by atoms with Gasteiger partial charge < -0.3 is 22.5 Å². The summed E-state index contributed by atoms with van der Waals surface area (Å²) in [5.74, 6) is 0.421. The van der Waals surface area contributed by atoms with Gasteiger partial charge in [-0.3, -0.25) is 0 Å². The van der Waals surface area contributed by atoms with E-state index in [9.17, 15) is 15.0 Å². The van der Waals surface area contributed by atoms with Gasteiger partial charge in [-0.05, 0) is 115 Å². The number of ether oxygens (including phenoxy) is 2. The van der Waals surface area contributed by atoms with Gasteiger partial charge in [0.05, 0.1) is 5.56 Å². The maximum absolute atomic E-state index is 13.2. The number of hydrogen-bond acceptors (Lipinski definition) is 5. The number of halogens is 4. The van der Waals surface area contributed by atoms with Crippen molar-refractivity contribution in [2.24, 2.45) is 0 Å². The van der Waals surface area contributed by atoms with E-state index in [1.165, 1.54) is 12.1 Å². The van der Waals surface area contributed by atoms with Gasteiger partial charge in [-0.15, -0.1) is 0 Å². The van der Waals surface area contributed by atoms with Crippen molar-refractivity contribution in [2.75, 3.05) is 0 Å². The summed E-state index contributed by atoms with van der Waals surface area (Å²) >= 11 is 8.98. The van der Waals surface area contributed by atoms with Crippen molar-refractivity contribution in [1.82, 2.24) is 0 Å². The number of phenols is 2. The topological polar surface area (TPSA) is 76.0 Å². The number of benzene rings is 3. The largest absolute Gasteiger partial charge is 1.00 e. The van der Waals surface area contributed by atoms with Crippen LogP contribution in [0.25, 0.3) is 0 Å². The van der Waals surface area contributed by atoms with Crippen LogP contribution in [0, 0.1) is 14.3 Å². The number of carbonyl (C=O) groups is 1. The molecule has 0 saturated heterocycles. The van der Waals surface area contributed by atoms with Crippen LogP contribution in [0.3, 0.4) is 0 Å². The Kier molecular flexibility index (Phi) is 8.58.